The molecule has 0 unspecified atom stereocenters. The molecule has 1 saturated heterocycles. The van der Waals surface area contributed by atoms with Crippen LogP contribution in [-0.4, -0.2) is 30.0 Å². The van der Waals surface area contributed by atoms with E-state index in [-0.39, 0.29) is 11.9 Å². The highest BCUT2D eigenvalue weighted by molar-refractivity contribution is 5.78. The number of benzene rings is 3. The van der Waals surface area contributed by atoms with E-state index in [9.17, 15) is 4.79 Å². The molecular weight excluding hydrogens is 382 g/mol. The zero-order chi connectivity index (χ0) is 21.7. The van der Waals surface area contributed by atoms with Gasteiger partial charge in [-0.2, -0.15) is 0 Å². The summed E-state index contributed by atoms with van der Waals surface area (Å²) in [6.45, 7) is 5.59. The highest BCUT2D eigenvalue weighted by atomic mass is 16.5. The topological polar surface area (TPSA) is 29.5 Å². The lowest BCUT2D eigenvalue weighted by atomic mass is 9.80. The Morgan fingerprint density at radius 1 is 0.839 bits per heavy atom. The number of carbonyl (C=O) groups excluding carboxylic acids is 1. The Morgan fingerprint density at radius 3 is 1.71 bits per heavy atom. The molecule has 0 aliphatic carbocycles. The summed E-state index contributed by atoms with van der Waals surface area (Å²) < 4.78 is 6.94. The fraction of sp³-hybridized carbons (Fsp3) is 0.321. The van der Waals surface area contributed by atoms with E-state index in [1.807, 2.05) is 23.1 Å². The van der Waals surface area contributed by atoms with Crippen LogP contribution >= 0.6 is 0 Å². The highest BCUT2D eigenvalue weighted by Gasteiger charge is 2.40. The molecule has 1 atom stereocenters. The second-order valence-corrected chi connectivity index (χ2v) is 8.72. The van der Waals surface area contributed by atoms with E-state index >= 15 is 0 Å². The smallest absolute Gasteiger partial charge is 0.222 e. The summed E-state index contributed by atoms with van der Waals surface area (Å²) in [5.41, 5.74) is 2.53. The predicted octanol–water partition coefficient (Wildman–Crippen LogP) is 5.64. The molecule has 31 heavy (non-hydrogen) atoms. The van der Waals surface area contributed by atoms with Gasteiger partial charge in [-0.05, 0) is 29.0 Å². The van der Waals surface area contributed by atoms with E-state index in [1.54, 1.807) is 0 Å². The van der Waals surface area contributed by atoms with E-state index in [2.05, 4.69) is 86.6 Å². The van der Waals surface area contributed by atoms with Gasteiger partial charge in [-0.15, -0.1) is 0 Å². The van der Waals surface area contributed by atoms with E-state index in [0.717, 1.165) is 29.7 Å². The molecule has 1 aliphatic rings. The predicted molar refractivity (Wildman–Crippen MR) is 125 cm³/mol. The third-order valence-electron chi connectivity index (χ3n) is 6.05. The molecular formula is C28H31NO2. The van der Waals surface area contributed by atoms with Crippen molar-refractivity contribution in [2.45, 2.75) is 38.3 Å². The normalized spacial score (nSPS) is 16.8. The van der Waals surface area contributed by atoms with Crippen molar-refractivity contribution in [3.05, 3.63) is 108 Å². The largest absolute Gasteiger partial charge is 0.359 e. The van der Waals surface area contributed by atoms with Gasteiger partial charge in [0, 0.05) is 13.0 Å². The number of ether oxygens (including phenoxy) is 1. The average Bonchev–Trinajstić information content (AvgIpc) is 3.15. The summed E-state index contributed by atoms with van der Waals surface area (Å²) >= 11 is 0. The molecule has 0 radical (unpaired) electrons. The molecule has 1 aliphatic heterocycles. The van der Waals surface area contributed by atoms with Gasteiger partial charge in [0.1, 0.15) is 5.60 Å². The third-order valence-corrected chi connectivity index (χ3v) is 6.05. The van der Waals surface area contributed by atoms with Gasteiger partial charge in [-0.3, -0.25) is 4.79 Å². The maximum atomic E-state index is 12.5. The van der Waals surface area contributed by atoms with Crippen molar-refractivity contribution in [1.82, 2.24) is 4.90 Å². The number of amides is 1. The van der Waals surface area contributed by atoms with Crippen LogP contribution in [0.3, 0.4) is 0 Å². The second kappa shape index (κ2) is 9.49. The first-order valence-electron chi connectivity index (χ1n) is 11.2. The summed E-state index contributed by atoms with van der Waals surface area (Å²) in [7, 11) is 0. The van der Waals surface area contributed by atoms with Crippen molar-refractivity contribution in [2.75, 3.05) is 13.2 Å². The standard InChI is InChI=1S/C28H31NO2/c1-22(2)20-29-26(18-19-27(29)30)21-31-28(23-12-6-3-7-13-23,24-14-8-4-9-15-24)25-16-10-5-11-17-25/h3-17,22,26H,18-21H2,1-2H3/t26-/m0/s1. The number of hydrogen-bond donors (Lipinski definition) is 0. The summed E-state index contributed by atoms with van der Waals surface area (Å²) in [4.78, 5) is 14.5. The van der Waals surface area contributed by atoms with Crippen LogP contribution in [0.25, 0.3) is 0 Å². The molecule has 3 heteroatoms. The minimum absolute atomic E-state index is 0.102. The Kier molecular flexibility index (Phi) is 6.53. The van der Waals surface area contributed by atoms with Crippen LogP contribution < -0.4 is 0 Å². The van der Waals surface area contributed by atoms with Crippen molar-refractivity contribution in [3.63, 3.8) is 0 Å². The molecule has 0 aromatic heterocycles. The maximum absolute atomic E-state index is 12.5. The monoisotopic (exact) mass is 413 g/mol. The minimum Gasteiger partial charge on any atom is -0.359 e. The summed E-state index contributed by atoms with van der Waals surface area (Å²) in [6, 6.07) is 31.3. The fourth-order valence-electron chi connectivity index (χ4n) is 4.60. The zero-order valence-electron chi connectivity index (χ0n) is 18.4. The van der Waals surface area contributed by atoms with Gasteiger partial charge in [0.25, 0.3) is 0 Å². The highest BCUT2D eigenvalue weighted by Crippen LogP contribution is 2.41. The lowest BCUT2D eigenvalue weighted by molar-refractivity contribution is -0.131. The van der Waals surface area contributed by atoms with Gasteiger partial charge in [0.2, 0.25) is 5.91 Å². The van der Waals surface area contributed by atoms with Crippen molar-refractivity contribution in [3.8, 4) is 0 Å². The van der Waals surface area contributed by atoms with Crippen LogP contribution in [0.2, 0.25) is 0 Å². The first-order chi connectivity index (χ1) is 15.1. The van der Waals surface area contributed by atoms with Crippen LogP contribution in [0.1, 0.15) is 43.4 Å². The van der Waals surface area contributed by atoms with E-state index in [4.69, 9.17) is 4.74 Å². The summed E-state index contributed by atoms with van der Waals surface area (Å²) in [6.07, 6.45) is 1.45. The Labute approximate surface area is 185 Å². The van der Waals surface area contributed by atoms with E-state index < -0.39 is 5.60 Å². The van der Waals surface area contributed by atoms with Gasteiger partial charge >= 0.3 is 0 Å². The van der Waals surface area contributed by atoms with Gasteiger partial charge < -0.3 is 9.64 Å². The minimum atomic E-state index is -0.737. The molecule has 0 N–H and O–H groups in total. The van der Waals surface area contributed by atoms with Gasteiger partial charge in [-0.25, -0.2) is 0 Å². The Bertz CT molecular complexity index is 873. The maximum Gasteiger partial charge on any atom is 0.222 e. The first-order valence-corrected chi connectivity index (χ1v) is 11.2. The number of hydrogen-bond acceptors (Lipinski definition) is 2. The van der Waals surface area contributed by atoms with Crippen molar-refractivity contribution >= 4 is 5.91 Å². The van der Waals surface area contributed by atoms with Crippen LogP contribution in [0.15, 0.2) is 91.0 Å². The molecule has 0 spiro atoms. The molecule has 4 rings (SSSR count). The van der Waals surface area contributed by atoms with Crippen LogP contribution in [-0.2, 0) is 15.1 Å². The quantitative estimate of drug-likeness (QED) is 0.447. The molecule has 1 amide bonds. The number of rotatable bonds is 8. The Balaban J connectivity index is 1.77. The lowest BCUT2D eigenvalue weighted by Crippen LogP contribution is -2.42. The molecule has 0 saturated carbocycles. The SMILES string of the molecule is CC(C)CN1C(=O)CC[C@H]1COC(c1ccccc1)(c1ccccc1)c1ccccc1. The molecule has 0 bridgehead atoms. The van der Waals surface area contributed by atoms with Crippen LogP contribution in [0.4, 0.5) is 0 Å². The molecule has 160 valence electrons. The molecule has 3 nitrogen and oxygen atoms in total. The number of carbonyl (C=O) groups is 1. The third kappa shape index (κ3) is 4.42. The molecule has 3 aromatic carbocycles. The summed E-state index contributed by atoms with van der Waals surface area (Å²) in [5.74, 6) is 0.679. The van der Waals surface area contributed by atoms with Crippen LogP contribution in [0.5, 0.6) is 0 Å². The van der Waals surface area contributed by atoms with Crippen molar-refractivity contribution in [2.24, 2.45) is 5.92 Å². The first kappa shape index (κ1) is 21.3. The second-order valence-electron chi connectivity index (χ2n) is 8.72. The van der Waals surface area contributed by atoms with Gasteiger partial charge in [0.05, 0.1) is 12.6 Å². The number of nitrogens with zero attached hydrogens (tertiary/aromatic N) is 1. The van der Waals surface area contributed by atoms with Gasteiger partial charge in [-0.1, -0.05) is 105 Å². The molecule has 3 aromatic rings. The fourth-order valence-corrected chi connectivity index (χ4v) is 4.60. The van der Waals surface area contributed by atoms with Gasteiger partial charge in [0.15, 0.2) is 0 Å². The van der Waals surface area contributed by atoms with Crippen molar-refractivity contribution < 1.29 is 9.53 Å². The zero-order valence-corrected chi connectivity index (χ0v) is 18.4. The molecule has 1 fully saturated rings. The lowest BCUT2D eigenvalue weighted by Gasteiger charge is -2.38. The average molecular weight is 414 g/mol. The van der Waals surface area contributed by atoms with Crippen molar-refractivity contribution in [1.29, 1.82) is 0 Å². The summed E-state index contributed by atoms with van der Waals surface area (Å²) in [5, 5.41) is 0. The Morgan fingerprint density at radius 2 is 1.29 bits per heavy atom. The molecule has 1 heterocycles. The van der Waals surface area contributed by atoms with E-state index in [1.165, 1.54) is 0 Å². The van der Waals surface area contributed by atoms with E-state index in [0.29, 0.717) is 18.9 Å². The van der Waals surface area contributed by atoms with Crippen LogP contribution in [0, 0.1) is 5.92 Å². The number of likely N-dealkylation sites (tertiary alicyclic amines) is 1. The Hall–Kier alpha value is -2.91.